The van der Waals surface area contributed by atoms with E-state index >= 15 is 0 Å². The number of benzene rings is 2. The molecule has 0 bridgehead atoms. The highest BCUT2D eigenvalue weighted by atomic mass is 32.1. The van der Waals surface area contributed by atoms with E-state index in [1.54, 1.807) is 23.5 Å². The van der Waals surface area contributed by atoms with E-state index in [-0.39, 0.29) is 11.2 Å². The number of aromatic nitrogens is 1. The van der Waals surface area contributed by atoms with Crippen molar-refractivity contribution in [2.45, 2.75) is 26.2 Å². The van der Waals surface area contributed by atoms with Gasteiger partial charge in [0, 0.05) is 5.56 Å². The van der Waals surface area contributed by atoms with Gasteiger partial charge >= 0.3 is 0 Å². The zero-order valence-corrected chi connectivity index (χ0v) is 13.2. The summed E-state index contributed by atoms with van der Waals surface area (Å²) in [5.41, 5.74) is 9.49. The molecule has 0 aliphatic rings. The first kappa shape index (κ1) is 13.9. The van der Waals surface area contributed by atoms with Crippen molar-refractivity contribution >= 4 is 27.2 Å². The number of thiazole rings is 1. The highest BCUT2D eigenvalue weighted by Crippen LogP contribution is 2.35. The second kappa shape index (κ2) is 4.74. The number of nitrogens with zero attached hydrogens (tertiary/aromatic N) is 1. The molecule has 0 spiro atoms. The van der Waals surface area contributed by atoms with Gasteiger partial charge in [0.1, 0.15) is 10.8 Å². The first-order valence-electron chi connectivity index (χ1n) is 6.84. The molecule has 3 aromatic rings. The minimum Gasteiger partial charge on any atom is -0.506 e. The molecule has 3 N–H and O–H groups in total. The number of rotatable bonds is 1. The summed E-state index contributed by atoms with van der Waals surface area (Å²) in [5.74, 6) is 0.106. The number of anilines is 1. The monoisotopic (exact) mass is 298 g/mol. The lowest BCUT2D eigenvalue weighted by molar-refractivity contribution is 0.478. The van der Waals surface area contributed by atoms with Crippen LogP contribution in [0.3, 0.4) is 0 Å². The predicted octanol–water partition coefficient (Wildman–Crippen LogP) is 4.55. The zero-order valence-electron chi connectivity index (χ0n) is 12.3. The van der Waals surface area contributed by atoms with Gasteiger partial charge in [-0.3, -0.25) is 0 Å². The number of hydrogen-bond donors (Lipinski definition) is 2. The van der Waals surface area contributed by atoms with Crippen molar-refractivity contribution in [1.29, 1.82) is 0 Å². The molecule has 108 valence electrons. The Morgan fingerprint density at radius 3 is 2.52 bits per heavy atom. The lowest BCUT2D eigenvalue weighted by Crippen LogP contribution is -2.10. The summed E-state index contributed by atoms with van der Waals surface area (Å²) in [6.07, 6.45) is 0. The summed E-state index contributed by atoms with van der Waals surface area (Å²) in [6.45, 7) is 6.62. The van der Waals surface area contributed by atoms with Crippen molar-refractivity contribution in [2.75, 3.05) is 5.73 Å². The summed E-state index contributed by atoms with van der Waals surface area (Å²) >= 11 is 1.65. The lowest BCUT2D eigenvalue weighted by atomic mass is 9.87. The number of phenolic OH excluding ortho intramolecular Hbond substituents is 1. The third kappa shape index (κ3) is 2.59. The fourth-order valence-electron chi connectivity index (χ4n) is 2.20. The highest BCUT2D eigenvalue weighted by Gasteiger charge is 2.15. The van der Waals surface area contributed by atoms with E-state index in [4.69, 9.17) is 5.73 Å². The van der Waals surface area contributed by atoms with E-state index in [1.165, 1.54) is 10.3 Å². The molecule has 1 heterocycles. The Hall–Kier alpha value is -2.07. The van der Waals surface area contributed by atoms with Crippen LogP contribution >= 0.6 is 11.3 Å². The number of phenols is 1. The van der Waals surface area contributed by atoms with E-state index < -0.39 is 0 Å². The maximum Gasteiger partial charge on any atom is 0.138 e. The maximum absolute atomic E-state index is 9.51. The first-order valence-corrected chi connectivity index (χ1v) is 7.66. The van der Waals surface area contributed by atoms with E-state index in [0.29, 0.717) is 5.69 Å². The molecule has 21 heavy (non-hydrogen) atoms. The van der Waals surface area contributed by atoms with Gasteiger partial charge < -0.3 is 10.8 Å². The fraction of sp³-hybridized carbons (Fsp3) is 0.235. The summed E-state index contributed by atoms with van der Waals surface area (Å²) in [5, 5.41) is 10.4. The molecule has 0 atom stereocenters. The van der Waals surface area contributed by atoms with Gasteiger partial charge in [-0.15, -0.1) is 11.3 Å². The quantitative estimate of drug-likeness (QED) is 0.512. The third-order valence-electron chi connectivity index (χ3n) is 3.53. The number of aromatic hydroxyl groups is 1. The average molecular weight is 298 g/mol. The van der Waals surface area contributed by atoms with Crippen molar-refractivity contribution in [3.63, 3.8) is 0 Å². The van der Waals surface area contributed by atoms with Gasteiger partial charge in [0.2, 0.25) is 0 Å². The molecule has 0 aliphatic carbocycles. The smallest absolute Gasteiger partial charge is 0.138 e. The molecule has 0 fully saturated rings. The standard InChI is InChI=1S/C17H18N2OS/c1-17(2,3)11-5-6-13-15(9-11)21-16(19-13)10-4-7-14(20)12(18)8-10/h4-9,20H,18H2,1-3H3. The van der Waals surface area contributed by atoms with Gasteiger partial charge in [-0.05, 0) is 41.3 Å². The van der Waals surface area contributed by atoms with Crippen molar-refractivity contribution in [1.82, 2.24) is 4.98 Å². The van der Waals surface area contributed by atoms with Crippen LogP contribution in [0.4, 0.5) is 5.69 Å². The highest BCUT2D eigenvalue weighted by molar-refractivity contribution is 7.21. The predicted molar refractivity (Wildman–Crippen MR) is 89.8 cm³/mol. The van der Waals surface area contributed by atoms with Crippen molar-refractivity contribution < 1.29 is 5.11 Å². The van der Waals surface area contributed by atoms with Crippen LogP contribution in [-0.4, -0.2) is 10.1 Å². The second-order valence-corrected chi connectivity index (χ2v) is 7.26. The van der Waals surface area contributed by atoms with Gasteiger partial charge in [0.25, 0.3) is 0 Å². The number of hydrogen-bond acceptors (Lipinski definition) is 4. The van der Waals surface area contributed by atoms with E-state index in [1.807, 2.05) is 6.07 Å². The summed E-state index contributed by atoms with van der Waals surface area (Å²) in [6, 6.07) is 11.6. The maximum atomic E-state index is 9.51. The fourth-order valence-corrected chi connectivity index (χ4v) is 3.20. The molecule has 3 nitrogen and oxygen atoms in total. The van der Waals surface area contributed by atoms with Crippen LogP contribution in [0.1, 0.15) is 26.3 Å². The molecule has 4 heteroatoms. The van der Waals surface area contributed by atoms with E-state index in [9.17, 15) is 5.11 Å². The minimum absolute atomic E-state index is 0.106. The molecule has 2 aromatic carbocycles. The Balaban J connectivity index is 2.10. The molecule has 0 amide bonds. The van der Waals surface area contributed by atoms with Gasteiger partial charge in [-0.1, -0.05) is 26.8 Å². The second-order valence-electron chi connectivity index (χ2n) is 6.23. The van der Waals surface area contributed by atoms with Gasteiger partial charge in [0.15, 0.2) is 0 Å². The molecular weight excluding hydrogens is 280 g/mol. The zero-order chi connectivity index (χ0) is 15.2. The van der Waals surface area contributed by atoms with Crippen molar-refractivity contribution in [3.8, 4) is 16.3 Å². The van der Waals surface area contributed by atoms with Crippen LogP contribution in [0.5, 0.6) is 5.75 Å². The van der Waals surface area contributed by atoms with Gasteiger partial charge in [-0.25, -0.2) is 4.98 Å². The van der Waals surface area contributed by atoms with E-state index in [0.717, 1.165) is 16.1 Å². The normalized spacial score (nSPS) is 12.0. The van der Waals surface area contributed by atoms with Crippen LogP contribution in [0.15, 0.2) is 36.4 Å². The van der Waals surface area contributed by atoms with Crippen LogP contribution in [-0.2, 0) is 5.41 Å². The number of nitrogens with two attached hydrogens (primary N) is 1. The molecule has 0 aliphatic heterocycles. The lowest BCUT2D eigenvalue weighted by Gasteiger charge is -2.18. The Labute approximate surface area is 128 Å². The molecule has 0 saturated carbocycles. The molecule has 0 radical (unpaired) electrons. The van der Waals surface area contributed by atoms with E-state index in [2.05, 4.69) is 44.0 Å². The van der Waals surface area contributed by atoms with Crippen LogP contribution in [0, 0.1) is 0 Å². The summed E-state index contributed by atoms with van der Waals surface area (Å²) in [7, 11) is 0. The Morgan fingerprint density at radius 1 is 1.10 bits per heavy atom. The largest absolute Gasteiger partial charge is 0.506 e. The molecule has 0 unspecified atom stereocenters. The minimum atomic E-state index is 0.106. The molecule has 0 saturated heterocycles. The average Bonchev–Trinajstić information content (AvgIpc) is 2.83. The number of nitrogen functional groups attached to an aromatic ring is 1. The topological polar surface area (TPSA) is 59.1 Å². The first-order chi connectivity index (χ1) is 9.84. The Bertz CT molecular complexity index is 815. The summed E-state index contributed by atoms with van der Waals surface area (Å²) in [4.78, 5) is 4.66. The Morgan fingerprint density at radius 2 is 1.86 bits per heavy atom. The summed E-state index contributed by atoms with van der Waals surface area (Å²) < 4.78 is 1.17. The van der Waals surface area contributed by atoms with Gasteiger partial charge in [0.05, 0.1) is 15.9 Å². The SMILES string of the molecule is CC(C)(C)c1ccc2nc(-c3ccc(O)c(N)c3)sc2c1. The Kier molecular flexibility index (Phi) is 3.14. The van der Waals surface area contributed by atoms with Crippen LogP contribution in [0.2, 0.25) is 0 Å². The molecule has 3 rings (SSSR count). The molecular formula is C17H18N2OS. The van der Waals surface area contributed by atoms with Crippen molar-refractivity contribution in [3.05, 3.63) is 42.0 Å². The third-order valence-corrected chi connectivity index (χ3v) is 4.60. The van der Waals surface area contributed by atoms with Crippen LogP contribution in [0.25, 0.3) is 20.8 Å². The number of fused-ring (bicyclic) bond motifs is 1. The van der Waals surface area contributed by atoms with Crippen LogP contribution < -0.4 is 5.73 Å². The van der Waals surface area contributed by atoms with Gasteiger partial charge in [-0.2, -0.15) is 0 Å². The molecule has 1 aromatic heterocycles. The van der Waals surface area contributed by atoms with Crippen molar-refractivity contribution in [2.24, 2.45) is 0 Å².